The Bertz CT molecular complexity index is 766. The predicted molar refractivity (Wildman–Crippen MR) is 105 cm³/mol. The molecule has 0 aliphatic carbocycles. The number of hydrogen-bond acceptors (Lipinski definition) is 6. The van der Waals surface area contributed by atoms with Gasteiger partial charge in [-0.3, -0.25) is 15.1 Å². The lowest BCUT2D eigenvalue weighted by Crippen LogP contribution is -2.39. The van der Waals surface area contributed by atoms with Crippen LogP contribution >= 0.6 is 0 Å². The molecular formula is C18H26N6O3. The number of anilines is 1. The summed E-state index contributed by atoms with van der Waals surface area (Å²) in [5.41, 5.74) is 2.58. The topological polar surface area (TPSA) is 118 Å². The van der Waals surface area contributed by atoms with Crippen molar-refractivity contribution in [3.05, 3.63) is 51.4 Å². The van der Waals surface area contributed by atoms with Crippen molar-refractivity contribution in [2.45, 2.75) is 33.2 Å². The fourth-order valence-electron chi connectivity index (χ4n) is 2.69. The lowest BCUT2D eigenvalue weighted by atomic mass is 10.1. The molecule has 3 N–H and O–H groups in total. The molecular weight excluding hydrogens is 348 g/mol. The molecule has 1 aromatic heterocycles. The summed E-state index contributed by atoms with van der Waals surface area (Å²) in [5, 5.41) is 24.6. The summed E-state index contributed by atoms with van der Waals surface area (Å²) in [7, 11) is 1.69. The first kappa shape index (κ1) is 20.2. The zero-order chi connectivity index (χ0) is 19.6. The van der Waals surface area contributed by atoms with Crippen LogP contribution in [0.15, 0.2) is 33.8 Å². The summed E-state index contributed by atoms with van der Waals surface area (Å²) in [6, 6.07) is 6.58. The molecule has 0 atom stereocenters. The zero-order valence-electron chi connectivity index (χ0n) is 15.9. The van der Waals surface area contributed by atoms with Crippen LogP contribution in [-0.2, 0) is 19.4 Å². The molecule has 27 heavy (non-hydrogen) atoms. The average Bonchev–Trinajstić information content (AvgIpc) is 3.09. The highest BCUT2D eigenvalue weighted by atomic mass is 16.6. The molecule has 2 rings (SSSR count). The highest BCUT2D eigenvalue weighted by molar-refractivity contribution is 5.79. The van der Waals surface area contributed by atoms with Gasteiger partial charge in [0.25, 0.3) is 5.69 Å². The van der Waals surface area contributed by atoms with Crippen LogP contribution in [0, 0.1) is 10.1 Å². The van der Waals surface area contributed by atoms with Crippen molar-refractivity contribution in [1.29, 1.82) is 0 Å². The Hall–Kier alpha value is -3.10. The third-order valence-electron chi connectivity index (χ3n) is 4.10. The molecule has 0 radical (unpaired) electrons. The Kier molecular flexibility index (Phi) is 7.60. The number of benzene rings is 1. The van der Waals surface area contributed by atoms with Crippen LogP contribution in [0.2, 0.25) is 0 Å². The van der Waals surface area contributed by atoms with Gasteiger partial charge in [-0.1, -0.05) is 31.1 Å². The van der Waals surface area contributed by atoms with Crippen molar-refractivity contribution in [1.82, 2.24) is 15.8 Å². The minimum Gasteiger partial charge on any atom is -0.378 e. The average molecular weight is 374 g/mol. The number of guanidine groups is 1. The van der Waals surface area contributed by atoms with E-state index in [0.29, 0.717) is 31.3 Å². The van der Waals surface area contributed by atoms with Crippen LogP contribution in [0.4, 0.5) is 11.4 Å². The van der Waals surface area contributed by atoms with Gasteiger partial charge in [0.1, 0.15) is 11.4 Å². The van der Waals surface area contributed by atoms with Crippen LogP contribution in [0.3, 0.4) is 0 Å². The molecule has 0 unspecified atom stereocenters. The number of nitrogens with one attached hydrogen (secondary N) is 3. The molecule has 9 nitrogen and oxygen atoms in total. The van der Waals surface area contributed by atoms with Crippen LogP contribution < -0.4 is 16.0 Å². The number of aliphatic imine (C=N–C) groups is 1. The normalized spacial score (nSPS) is 11.3. The largest absolute Gasteiger partial charge is 0.378 e. The first-order valence-electron chi connectivity index (χ1n) is 8.98. The standard InChI is InChI=1S/C18H26N6O3/c1-4-14-13(17(5-2)27-23-14)12-22-18(19-3)21-11-10-20-15-8-6-7-9-16(15)24(25)26/h6-9,20H,4-5,10-12H2,1-3H3,(H2,19,21,22). The monoisotopic (exact) mass is 374 g/mol. The van der Waals surface area contributed by atoms with Gasteiger partial charge in [-0.05, 0) is 12.5 Å². The van der Waals surface area contributed by atoms with Crippen molar-refractivity contribution in [2.24, 2.45) is 4.99 Å². The Morgan fingerprint density at radius 2 is 2.00 bits per heavy atom. The number of nitrogens with zero attached hydrogens (tertiary/aromatic N) is 3. The smallest absolute Gasteiger partial charge is 0.292 e. The van der Waals surface area contributed by atoms with E-state index >= 15 is 0 Å². The number of hydrogen-bond donors (Lipinski definition) is 3. The molecule has 1 aromatic carbocycles. The number of rotatable bonds is 9. The Labute approximate surface area is 158 Å². The van der Waals surface area contributed by atoms with Gasteiger partial charge in [-0.15, -0.1) is 0 Å². The molecule has 0 amide bonds. The molecule has 0 fully saturated rings. The SMILES string of the molecule is CCc1noc(CC)c1CNC(=NC)NCCNc1ccccc1[N+](=O)[O-]. The predicted octanol–water partition coefficient (Wildman–Crippen LogP) is 2.48. The first-order chi connectivity index (χ1) is 13.1. The summed E-state index contributed by atoms with van der Waals surface area (Å²) in [4.78, 5) is 14.8. The molecule has 0 spiro atoms. The fourth-order valence-corrected chi connectivity index (χ4v) is 2.69. The minimum atomic E-state index is -0.397. The summed E-state index contributed by atoms with van der Waals surface area (Å²) in [6.45, 7) is 5.72. The molecule has 2 aromatic rings. The maximum atomic E-state index is 11.0. The zero-order valence-corrected chi connectivity index (χ0v) is 15.9. The maximum absolute atomic E-state index is 11.0. The fraction of sp³-hybridized carbons (Fsp3) is 0.444. The van der Waals surface area contributed by atoms with E-state index in [1.165, 1.54) is 6.07 Å². The van der Waals surface area contributed by atoms with Crippen molar-refractivity contribution < 1.29 is 9.45 Å². The van der Waals surface area contributed by atoms with Gasteiger partial charge in [0.2, 0.25) is 0 Å². The van der Waals surface area contributed by atoms with E-state index in [9.17, 15) is 10.1 Å². The van der Waals surface area contributed by atoms with Crippen LogP contribution in [0.25, 0.3) is 0 Å². The van der Waals surface area contributed by atoms with E-state index in [4.69, 9.17) is 4.52 Å². The Morgan fingerprint density at radius 1 is 1.22 bits per heavy atom. The van der Waals surface area contributed by atoms with Crippen molar-refractivity contribution in [3.63, 3.8) is 0 Å². The molecule has 0 saturated heterocycles. The number of nitro benzene ring substituents is 1. The number of aromatic nitrogens is 1. The van der Waals surface area contributed by atoms with Gasteiger partial charge < -0.3 is 20.5 Å². The molecule has 146 valence electrons. The van der Waals surface area contributed by atoms with Gasteiger partial charge in [-0.2, -0.15) is 0 Å². The van der Waals surface area contributed by atoms with Gasteiger partial charge >= 0.3 is 0 Å². The minimum absolute atomic E-state index is 0.0617. The first-order valence-corrected chi connectivity index (χ1v) is 8.98. The molecule has 9 heteroatoms. The lowest BCUT2D eigenvalue weighted by molar-refractivity contribution is -0.384. The Balaban J connectivity index is 1.83. The molecule has 1 heterocycles. The lowest BCUT2D eigenvalue weighted by Gasteiger charge is -2.13. The molecule has 0 bridgehead atoms. The van der Waals surface area contributed by atoms with Crippen molar-refractivity contribution in [3.8, 4) is 0 Å². The summed E-state index contributed by atoms with van der Waals surface area (Å²) < 4.78 is 5.36. The van der Waals surface area contributed by atoms with E-state index in [-0.39, 0.29) is 5.69 Å². The highest BCUT2D eigenvalue weighted by Gasteiger charge is 2.14. The second-order valence-electron chi connectivity index (χ2n) is 5.79. The van der Waals surface area contributed by atoms with Crippen LogP contribution in [-0.4, -0.2) is 36.2 Å². The summed E-state index contributed by atoms with van der Waals surface area (Å²) in [5.74, 6) is 1.53. The summed E-state index contributed by atoms with van der Waals surface area (Å²) in [6.07, 6.45) is 1.60. The van der Waals surface area contributed by atoms with E-state index in [1.54, 1.807) is 25.2 Å². The second-order valence-corrected chi connectivity index (χ2v) is 5.79. The van der Waals surface area contributed by atoms with Crippen LogP contribution in [0.1, 0.15) is 30.9 Å². The third-order valence-corrected chi connectivity index (χ3v) is 4.10. The van der Waals surface area contributed by atoms with Gasteiger partial charge in [0.15, 0.2) is 5.96 Å². The van der Waals surface area contributed by atoms with Gasteiger partial charge in [0.05, 0.1) is 10.6 Å². The van der Waals surface area contributed by atoms with E-state index < -0.39 is 4.92 Å². The molecule has 0 aliphatic heterocycles. The van der Waals surface area contributed by atoms with Gasteiger partial charge in [0, 0.05) is 44.7 Å². The molecule has 0 saturated carbocycles. The summed E-state index contributed by atoms with van der Waals surface area (Å²) >= 11 is 0. The second kappa shape index (κ2) is 10.1. The van der Waals surface area contributed by atoms with E-state index in [2.05, 4.69) is 26.1 Å². The highest BCUT2D eigenvalue weighted by Crippen LogP contribution is 2.22. The van der Waals surface area contributed by atoms with Crippen molar-refractivity contribution >= 4 is 17.3 Å². The quantitative estimate of drug-likeness (QED) is 0.203. The van der Waals surface area contributed by atoms with Crippen LogP contribution in [0.5, 0.6) is 0 Å². The molecule has 0 aliphatic rings. The third kappa shape index (κ3) is 5.44. The van der Waals surface area contributed by atoms with Gasteiger partial charge in [-0.25, -0.2) is 0 Å². The number of nitro groups is 1. The number of para-hydroxylation sites is 2. The maximum Gasteiger partial charge on any atom is 0.292 e. The van der Waals surface area contributed by atoms with E-state index in [1.807, 2.05) is 13.8 Å². The van der Waals surface area contributed by atoms with Crippen molar-refractivity contribution in [2.75, 3.05) is 25.5 Å². The van der Waals surface area contributed by atoms with E-state index in [0.717, 1.165) is 29.9 Å². The Morgan fingerprint density at radius 3 is 2.67 bits per heavy atom. The number of aryl methyl sites for hydroxylation is 2.